The van der Waals surface area contributed by atoms with E-state index >= 15 is 0 Å². The van der Waals surface area contributed by atoms with Crippen LogP contribution in [0.15, 0.2) is 0 Å². The minimum atomic E-state index is 0.516. The molecule has 2 heteroatoms. The summed E-state index contributed by atoms with van der Waals surface area (Å²) < 4.78 is 5.06. The van der Waals surface area contributed by atoms with E-state index in [0.717, 1.165) is 18.6 Å². The van der Waals surface area contributed by atoms with Crippen LogP contribution in [-0.2, 0) is 4.74 Å². The van der Waals surface area contributed by atoms with E-state index in [2.05, 4.69) is 19.2 Å². The monoisotopic (exact) mass is 171 g/mol. The fraction of sp³-hybridized carbons (Fsp3) is 1.00. The number of hydrogen-bond acceptors (Lipinski definition) is 2. The average molecular weight is 171 g/mol. The molecule has 1 aliphatic rings. The second kappa shape index (κ2) is 4.83. The van der Waals surface area contributed by atoms with Gasteiger partial charge in [0.2, 0.25) is 0 Å². The second-order valence-electron chi connectivity index (χ2n) is 3.91. The van der Waals surface area contributed by atoms with E-state index in [1.807, 2.05) is 0 Å². The largest absolute Gasteiger partial charge is 0.383 e. The lowest BCUT2D eigenvalue weighted by atomic mass is 10.2. The number of nitrogens with one attached hydrogen (secondary N) is 1. The van der Waals surface area contributed by atoms with Crippen molar-refractivity contribution in [3.63, 3.8) is 0 Å². The van der Waals surface area contributed by atoms with Gasteiger partial charge < -0.3 is 10.1 Å². The fourth-order valence-electron chi connectivity index (χ4n) is 1.81. The van der Waals surface area contributed by atoms with Crippen LogP contribution in [0.5, 0.6) is 0 Å². The van der Waals surface area contributed by atoms with Crippen molar-refractivity contribution >= 4 is 0 Å². The predicted molar refractivity (Wildman–Crippen MR) is 51.3 cm³/mol. The Morgan fingerprint density at radius 1 is 1.58 bits per heavy atom. The predicted octanol–water partition coefficient (Wildman–Crippen LogP) is 1.80. The molecule has 0 amide bonds. The van der Waals surface area contributed by atoms with E-state index in [0.29, 0.717) is 6.04 Å². The third kappa shape index (κ3) is 3.11. The van der Waals surface area contributed by atoms with Crippen molar-refractivity contribution in [2.75, 3.05) is 13.7 Å². The summed E-state index contributed by atoms with van der Waals surface area (Å²) >= 11 is 0. The van der Waals surface area contributed by atoms with Crippen LogP contribution in [0, 0.1) is 5.92 Å². The van der Waals surface area contributed by atoms with Crippen molar-refractivity contribution < 1.29 is 4.74 Å². The van der Waals surface area contributed by atoms with Crippen molar-refractivity contribution in [3.8, 4) is 0 Å². The SMILES string of the molecule is CCCC1CC1NC(C)COC. The highest BCUT2D eigenvalue weighted by Gasteiger charge is 2.36. The highest BCUT2D eigenvalue weighted by atomic mass is 16.5. The molecule has 1 aliphatic carbocycles. The highest BCUT2D eigenvalue weighted by molar-refractivity contribution is 4.93. The summed E-state index contributed by atoms with van der Waals surface area (Å²) in [4.78, 5) is 0. The maximum Gasteiger partial charge on any atom is 0.0613 e. The van der Waals surface area contributed by atoms with Gasteiger partial charge in [0.15, 0.2) is 0 Å². The van der Waals surface area contributed by atoms with E-state index < -0.39 is 0 Å². The summed E-state index contributed by atoms with van der Waals surface area (Å²) in [6.07, 6.45) is 4.08. The molecule has 1 saturated carbocycles. The second-order valence-corrected chi connectivity index (χ2v) is 3.91. The van der Waals surface area contributed by atoms with Gasteiger partial charge in [0, 0.05) is 19.2 Å². The summed E-state index contributed by atoms with van der Waals surface area (Å²) in [6.45, 7) is 5.27. The number of methoxy groups -OCH3 is 1. The number of rotatable bonds is 6. The minimum Gasteiger partial charge on any atom is -0.383 e. The summed E-state index contributed by atoms with van der Waals surface area (Å²) in [5.41, 5.74) is 0. The van der Waals surface area contributed by atoms with E-state index in [-0.39, 0.29) is 0 Å². The van der Waals surface area contributed by atoms with Gasteiger partial charge in [0.05, 0.1) is 6.61 Å². The molecule has 0 aromatic heterocycles. The van der Waals surface area contributed by atoms with Gasteiger partial charge >= 0.3 is 0 Å². The molecular formula is C10H21NO. The van der Waals surface area contributed by atoms with Crippen molar-refractivity contribution in [2.45, 2.75) is 45.2 Å². The Bertz CT molecular complexity index is 127. The summed E-state index contributed by atoms with van der Waals surface area (Å²) in [6, 6.07) is 1.30. The number of ether oxygens (including phenoxy) is 1. The molecule has 0 aliphatic heterocycles. The van der Waals surface area contributed by atoms with Crippen LogP contribution in [0.25, 0.3) is 0 Å². The molecule has 72 valence electrons. The third-order valence-electron chi connectivity index (χ3n) is 2.50. The van der Waals surface area contributed by atoms with Crippen LogP contribution in [0.3, 0.4) is 0 Å². The fourth-order valence-corrected chi connectivity index (χ4v) is 1.81. The van der Waals surface area contributed by atoms with Gasteiger partial charge in [-0.2, -0.15) is 0 Å². The Kier molecular flexibility index (Phi) is 4.02. The van der Waals surface area contributed by atoms with Crippen LogP contribution in [-0.4, -0.2) is 25.8 Å². The first-order valence-electron chi connectivity index (χ1n) is 5.03. The first-order valence-corrected chi connectivity index (χ1v) is 5.03. The molecular weight excluding hydrogens is 150 g/mol. The van der Waals surface area contributed by atoms with E-state index in [4.69, 9.17) is 4.74 Å². The van der Waals surface area contributed by atoms with Crippen LogP contribution >= 0.6 is 0 Å². The van der Waals surface area contributed by atoms with Gasteiger partial charge in [-0.05, 0) is 25.7 Å². The van der Waals surface area contributed by atoms with Gasteiger partial charge in [-0.25, -0.2) is 0 Å². The molecule has 2 nitrogen and oxygen atoms in total. The molecule has 0 heterocycles. The summed E-state index contributed by atoms with van der Waals surface area (Å²) in [7, 11) is 1.76. The lowest BCUT2D eigenvalue weighted by molar-refractivity contribution is 0.171. The van der Waals surface area contributed by atoms with Gasteiger partial charge in [0.1, 0.15) is 0 Å². The normalized spacial score (nSPS) is 30.2. The third-order valence-corrected chi connectivity index (χ3v) is 2.50. The molecule has 3 atom stereocenters. The molecule has 1 N–H and O–H groups in total. The van der Waals surface area contributed by atoms with E-state index in [9.17, 15) is 0 Å². The standard InChI is InChI=1S/C10H21NO/c1-4-5-9-6-10(9)11-8(2)7-12-3/h8-11H,4-7H2,1-3H3. The van der Waals surface area contributed by atoms with Crippen molar-refractivity contribution in [2.24, 2.45) is 5.92 Å². The zero-order chi connectivity index (χ0) is 8.97. The zero-order valence-electron chi connectivity index (χ0n) is 8.47. The van der Waals surface area contributed by atoms with Gasteiger partial charge in [-0.1, -0.05) is 13.3 Å². The lowest BCUT2D eigenvalue weighted by Crippen LogP contribution is -2.32. The smallest absolute Gasteiger partial charge is 0.0613 e. The highest BCUT2D eigenvalue weighted by Crippen LogP contribution is 2.34. The Balaban J connectivity index is 2.02. The topological polar surface area (TPSA) is 21.3 Å². The first kappa shape index (κ1) is 10.0. The average Bonchev–Trinajstić information content (AvgIpc) is 2.69. The first-order chi connectivity index (χ1) is 5.77. The van der Waals surface area contributed by atoms with Crippen LogP contribution in [0.2, 0.25) is 0 Å². The van der Waals surface area contributed by atoms with Crippen LogP contribution < -0.4 is 5.32 Å². The van der Waals surface area contributed by atoms with E-state index in [1.165, 1.54) is 19.3 Å². The molecule has 3 unspecified atom stereocenters. The maximum atomic E-state index is 5.06. The molecule has 0 bridgehead atoms. The Labute approximate surface area is 75.7 Å². The van der Waals surface area contributed by atoms with E-state index in [1.54, 1.807) is 7.11 Å². The molecule has 0 radical (unpaired) electrons. The van der Waals surface area contributed by atoms with Gasteiger partial charge in [-0.15, -0.1) is 0 Å². The van der Waals surface area contributed by atoms with Gasteiger partial charge in [0.25, 0.3) is 0 Å². The molecule has 0 spiro atoms. The van der Waals surface area contributed by atoms with Crippen LogP contribution in [0.4, 0.5) is 0 Å². The molecule has 0 saturated heterocycles. The number of hydrogen-bond donors (Lipinski definition) is 1. The van der Waals surface area contributed by atoms with Crippen molar-refractivity contribution in [1.29, 1.82) is 0 Å². The Morgan fingerprint density at radius 2 is 2.33 bits per heavy atom. The molecule has 1 fully saturated rings. The molecule has 1 rings (SSSR count). The quantitative estimate of drug-likeness (QED) is 0.658. The van der Waals surface area contributed by atoms with Crippen molar-refractivity contribution in [1.82, 2.24) is 5.32 Å². The van der Waals surface area contributed by atoms with Crippen molar-refractivity contribution in [3.05, 3.63) is 0 Å². The molecule has 12 heavy (non-hydrogen) atoms. The zero-order valence-corrected chi connectivity index (χ0v) is 8.47. The summed E-state index contributed by atoms with van der Waals surface area (Å²) in [5, 5.41) is 3.56. The van der Waals surface area contributed by atoms with Crippen LogP contribution in [0.1, 0.15) is 33.1 Å². The summed E-state index contributed by atoms with van der Waals surface area (Å²) in [5.74, 6) is 0.953. The lowest BCUT2D eigenvalue weighted by Gasteiger charge is -2.11. The Morgan fingerprint density at radius 3 is 2.92 bits per heavy atom. The minimum absolute atomic E-state index is 0.516. The molecule has 0 aromatic rings. The van der Waals surface area contributed by atoms with Gasteiger partial charge in [-0.3, -0.25) is 0 Å². The maximum absolute atomic E-state index is 5.06. The Hall–Kier alpha value is -0.0800. The molecule has 0 aromatic carbocycles.